The summed E-state index contributed by atoms with van der Waals surface area (Å²) in [4.78, 5) is 36.5. The molecule has 0 amide bonds. The standard InChI is InChI=1S/C22H28O8.2CH4/c1-10-7-18(29-21(26)22(6)13(4)30-22)19-12(3)20(25)28-17(19)8-11(2)16(9-15(10)24)27-14(5)23;;/h7-8,13,15-19,24H,3,9H2,1-2,4-6H3;2*1H4/b10-7-,11-8-;;/t13-,15-,16+,17-,18-,19+,22-;;/m1../s1. The Morgan fingerprint density at radius 3 is 2.31 bits per heavy atom. The third-order valence-corrected chi connectivity index (χ3v) is 6.04. The van der Waals surface area contributed by atoms with Gasteiger partial charge in [0.05, 0.1) is 18.1 Å². The Hall–Kier alpha value is -2.45. The van der Waals surface area contributed by atoms with Crippen molar-refractivity contribution < 1.29 is 38.4 Å². The van der Waals surface area contributed by atoms with Crippen LogP contribution in [0.15, 0.2) is 35.5 Å². The lowest BCUT2D eigenvalue weighted by molar-refractivity contribution is -0.155. The van der Waals surface area contributed by atoms with Gasteiger partial charge in [-0.3, -0.25) is 4.79 Å². The van der Waals surface area contributed by atoms with Crippen molar-refractivity contribution in [3.05, 3.63) is 35.5 Å². The highest BCUT2D eigenvalue weighted by molar-refractivity contribution is 5.91. The van der Waals surface area contributed by atoms with Crippen molar-refractivity contribution in [2.75, 3.05) is 0 Å². The molecule has 3 rings (SSSR count). The summed E-state index contributed by atoms with van der Waals surface area (Å²) in [6.45, 7) is 11.9. The highest BCUT2D eigenvalue weighted by atomic mass is 16.7. The summed E-state index contributed by atoms with van der Waals surface area (Å²) in [5, 5.41) is 10.7. The van der Waals surface area contributed by atoms with Gasteiger partial charge in [0.15, 0.2) is 5.60 Å². The highest BCUT2D eigenvalue weighted by Gasteiger charge is 2.58. The molecule has 2 fully saturated rings. The number of fused-ring (bicyclic) bond motifs is 1. The SMILES string of the molecule is C.C.C=C1C(=O)O[C@@H]2/C=C(/C)[C@@H](OC(C)=O)C[C@@H](O)/C(C)=C\[C@@H](OC(=O)[C@]3(C)O[C@@H]3C)[C@@H]12. The van der Waals surface area contributed by atoms with Gasteiger partial charge >= 0.3 is 17.9 Å². The zero-order valence-corrected chi connectivity index (χ0v) is 17.8. The molecule has 3 aliphatic rings. The molecule has 0 aromatic rings. The second-order valence-corrected chi connectivity index (χ2v) is 8.33. The molecule has 8 heteroatoms. The van der Waals surface area contributed by atoms with Crippen molar-refractivity contribution in [2.24, 2.45) is 5.92 Å². The average molecular weight is 453 g/mol. The number of rotatable bonds is 3. The predicted octanol–water partition coefficient (Wildman–Crippen LogP) is 3.03. The predicted molar refractivity (Wildman–Crippen MR) is 118 cm³/mol. The number of epoxide rings is 1. The molecule has 7 atom stereocenters. The Labute approximate surface area is 190 Å². The topological polar surface area (TPSA) is 112 Å². The van der Waals surface area contributed by atoms with Gasteiger partial charge in [0.2, 0.25) is 0 Å². The van der Waals surface area contributed by atoms with E-state index in [1.54, 1.807) is 39.8 Å². The van der Waals surface area contributed by atoms with Crippen molar-refractivity contribution >= 4 is 17.9 Å². The van der Waals surface area contributed by atoms with Crippen LogP contribution in [0.1, 0.15) is 55.9 Å². The van der Waals surface area contributed by atoms with Crippen molar-refractivity contribution in [3.63, 3.8) is 0 Å². The Morgan fingerprint density at radius 1 is 1.19 bits per heavy atom. The third-order valence-electron chi connectivity index (χ3n) is 6.04. The largest absolute Gasteiger partial charge is 0.458 e. The maximum Gasteiger partial charge on any atom is 0.341 e. The first kappa shape index (κ1) is 27.6. The fourth-order valence-electron chi connectivity index (χ4n) is 3.78. The highest BCUT2D eigenvalue weighted by Crippen LogP contribution is 2.40. The van der Waals surface area contributed by atoms with Gasteiger partial charge in [-0.05, 0) is 51.0 Å². The molecule has 2 heterocycles. The van der Waals surface area contributed by atoms with E-state index in [1.165, 1.54) is 6.92 Å². The molecule has 0 radical (unpaired) electrons. The summed E-state index contributed by atoms with van der Waals surface area (Å²) >= 11 is 0. The van der Waals surface area contributed by atoms with Gasteiger partial charge in [0.1, 0.15) is 18.3 Å². The Balaban J connectivity index is 0.00000256. The number of esters is 3. The van der Waals surface area contributed by atoms with Gasteiger partial charge in [0.25, 0.3) is 0 Å². The van der Waals surface area contributed by atoms with E-state index in [-0.39, 0.29) is 33.0 Å². The molecule has 0 saturated carbocycles. The zero-order chi connectivity index (χ0) is 22.4. The quantitative estimate of drug-likeness (QED) is 0.229. The first-order valence-corrected chi connectivity index (χ1v) is 9.94. The van der Waals surface area contributed by atoms with Crippen LogP contribution in [0.3, 0.4) is 0 Å². The monoisotopic (exact) mass is 452 g/mol. The first-order valence-electron chi connectivity index (χ1n) is 9.94. The Morgan fingerprint density at radius 2 is 1.78 bits per heavy atom. The molecule has 180 valence electrons. The number of aliphatic hydroxyl groups is 1. The molecule has 0 spiro atoms. The summed E-state index contributed by atoms with van der Waals surface area (Å²) in [5.41, 5.74) is 0.260. The molecule has 0 bridgehead atoms. The average Bonchev–Trinajstić information content (AvgIpc) is 3.17. The van der Waals surface area contributed by atoms with Crippen LogP contribution in [-0.4, -0.2) is 59.1 Å². The van der Waals surface area contributed by atoms with E-state index in [1.807, 2.05) is 0 Å². The lowest BCUT2D eigenvalue weighted by Crippen LogP contribution is -2.37. The lowest BCUT2D eigenvalue weighted by atomic mass is 9.85. The maximum absolute atomic E-state index is 12.7. The number of carbonyl (C=O) groups is 3. The number of aliphatic hydroxyl groups excluding tert-OH is 1. The summed E-state index contributed by atoms with van der Waals surface area (Å²) in [5.74, 6) is -2.32. The van der Waals surface area contributed by atoms with Crippen LogP contribution in [0.2, 0.25) is 0 Å². The molecule has 1 N–H and O–H groups in total. The molecule has 0 aromatic heterocycles. The molecule has 2 aliphatic heterocycles. The third kappa shape index (κ3) is 5.30. The van der Waals surface area contributed by atoms with Crippen LogP contribution in [0.5, 0.6) is 0 Å². The van der Waals surface area contributed by atoms with Crippen LogP contribution in [0, 0.1) is 5.92 Å². The normalized spacial score (nSPS) is 39.4. The van der Waals surface area contributed by atoms with Crippen LogP contribution in [-0.2, 0) is 33.3 Å². The van der Waals surface area contributed by atoms with Gasteiger partial charge in [-0.15, -0.1) is 0 Å². The van der Waals surface area contributed by atoms with Crippen molar-refractivity contribution in [2.45, 2.75) is 92.0 Å². The fourth-order valence-corrected chi connectivity index (χ4v) is 3.78. The second kappa shape index (κ2) is 10.0. The molecule has 0 aromatic carbocycles. The molecule has 1 aliphatic carbocycles. The minimum Gasteiger partial charge on any atom is -0.458 e. The van der Waals surface area contributed by atoms with E-state index >= 15 is 0 Å². The van der Waals surface area contributed by atoms with Crippen LogP contribution in [0.25, 0.3) is 0 Å². The molecule has 32 heavy (non-hydrogen) atoms. The van der Waals surface area contributed by atoms with E-state index in [0.29, 0.717) is 11.1 Å². The summed E-state index contributed by atoms with van der Waals surface area (Å²) < 4.78 is 21.9. The molecule has 2 saturated heterocycles. The van der Waals surface area contributed by atoms with E-state index in [9.17, 15) is 19.5 Å². The van der Waals surface area contributed by atoms with Crippen molar-refractivity contribution in [1.29, 1.82) is 0 Å². The van der Waals surface area contributed by atoms with Crippen molar-refractivity contribution in [3.8, 4) is 0 Å². The van der Waals surface area contributed by atoms with E-state index in [0.717, 1.165) is 0 Å². The minimum absolute atomic E-state index is 0. The number of hydrogen-bond acceptors (Lipinski definition) is 8. The van der Waals surface area contributed by atoms with E-state index in [2.05, 4.69) is 6.58 Å². The summed E-state index contributed by atoms with van der Waals surface area (Å²) in [6, 6.07) is 0. The number of hydrogen-bond donors (Lipinski definition) is 1. The maximum atomic E-state index is 12.7. The summed E-state index contributed by atoms with van der Waals surface area (Å²) in [6.07, 6.45) is -0.176. The molecule has 0 unspecified atom stereocenters. The smallest absolute Gasteiger partial charge is 0.341 e. The fraction of sp³-hybridized carbons (Fsp3) is 0.625. The van der Waals surface area contributed by atoms with Crippen LogP contribution < -0.4 is 0 Å². The molecule has 8 nitrogen and oxygen atoms in total. The second-order valence-electron chi connectivity index (χ2n) is 8.33. The van der Waals surface area contributed by atoms with Gasteiger partial charge in [0, 0.05) is 18.9 Å². The molecular weight excluding hydrogens is 416 g/mol. The Kier molecular flexibility index (Phi) is 8.62. The number of carbonyl (C=O) groups excluding carboxylic acids is 3. The van der Waals surface area contributed by atoms with Gasteiger partial charge in [-0.2, -0.15) is 0 Å². The van der Waals surface area contributed by atoms with Gasteiger partial charge in [-0.25, -0.2) is 9.59 Å². The lowest BCUT2D eigenvalue weighted by Gasteiger charge is -2.29. The minimum atomic E-state index is -1.04. The van der Waals surface area contributed by atoms with E-state index < -0.39 is 53.8 Å². The van der Waals surface area contributed by atoms with Crippen LogP contribution in [0.4, 0.5) is 0 Å². The van der Waals surface area contributed by atoms with Crippen molar-refractivity contribution in [1.82, 2.24) is 0 Å². The first-order chi connectivity index (χ1) is 13.9. The van der Waals surface area contributed by atoms with E-state index in [4.69, 9.17) is 18.9 Å². The zero-order valence-electron chi connectivity index (χ0n) is 17.8. The van der Waals surface area contributed by atoms with Gasteiger partial charge in [-0.1, -0.05) is 21.4 Å². The Bertz CT molecular complexity index is 841. The van der Waals surface area contributed by atoms with Gasteiger partial charge < -0.3 is 24.1 Å². The molecular formula is C24H36O8. The van der Waals surface area contributed by atoms with Crippen LogP contribution >= 0.6 is 0 Å². The number of ether oxygens (including phenoxy) is 4. The summed E-state index contributed by atoms with van der Waals surface area (Å²) in [7, 11) is 0.